The number of piperidine rings is 1. The summed E-state index contributed by atoms with van der Waals surface area (Å²) in [5.41, 5.74) is 6.64. The van der Waals surface area contributed by atoms with Crippen LogP contribution in [0.2, 0.25) is 5.02 Å². The molecular formula is C33H34ClF3N2O3. The van der Waals surface area contributed by atoms with Crippen LogP contribution in [-0.4, -0.2) is 47.0 Å². The maximum absolute atomic E-state index is 13.2. The number of carboxylic acid groups (broad SMARTS) is 1. The number of aliphatic carboxylic acids is 1. The minimum absolute atomic E-state index is 0.257. The maximum Gasteiger partial charge on any atom is 0.573 e. The molecule has 1 aromatic heterocycles. The molecule has 1 aliphatic carbocycles. The zero-order valence-corrected chi connectivity index (χ0v) is 24.5. The second kappa shape index (κ2) is 12.1. The van der Waals surface area contributed by atoms with Crippen molar-refractivity contribution in [1.29, 1.82) is 0 Å². The van der Waals surface area contributed by atoms with Crippen molar-refractivity contribution in [3.63, 3.8) is 0 Å². The van der Waals surface area contributed by atoms with E-state index in [2.05, 4.69) is 27.8 Å². The number of aromatic nitrogens is 1. The number of aryl methyl sites for hydroxylation is 3. The standard InChI is InChI=1S/C33H34ClF3N2O3/c1-32(2,31(40)41)25-10-9-21(28(20-25)42-33(35,36)37)6-4-16-39-17-13-22(14-18-39)29-27-12-11-26(34)19-24(27)8-7-23-5-3-15-38-30(23)29/h3,5,9-12,15,19-20H,4,6-8,13-14,16-18H2,1-2H3,(H,40,41). The monoisotopic (exact) mass is 598 g/mol. The number of benzene rings is 2. The van der Waals surface area contributed by atoms with E-state index < -0.39 is 17.7 Å². The second-order valence-electron chi connectivity index (χ2n) is 11.5. The number of halogens is 4. The fourth-order valence-corrected chi connectivity index (χ4v) is 6.11. The van der Waals surface area contributed by atoms with Crippen LogP contribution < -0.4 is 4.74 Å². The van der Waals surface area contributed by atoms with Crippen LogP contribution in [-0.2, 0) is 29.5 Å². The van der Waals surface area contributed by atoms with Crippen molar-refractivity contribution in [2.45, 2.75) is 64.1 Å². The molecule has 2 heterocycles. The number of nitrogens with zero attached hydrogens (tertiary/aromatic N) is 2. The molecular weight excluding hydrogens is 565 g/mol. The van der Waals surface area contributed by atoms with Gasteiger partial charge in [0.1, 0.15) is 5.75 Å². The molecule has 2 aliphatic rings. The molecule has 0 spiro atoms. The van der Waals surface area contributed by atoms with E-state index in [-0.39, 0.29) is 11.3 Å². The average molecular weight is 599 g/mol. The number of hydrogen-bond donors (Lipinski definition) is 1. The average Bonchev–Trinajstić information content (AvgIpc) is 3.10. The summed E-state index contributed by atoms with van der Waals surface area (Å²) in [5, 5.41) is 10.2. The summed E-state index contributed by atoms with van der Waals surface area (Å²) in [6, 6.07) is 14.6. The predicted octanol–water partition coefficient (Wildman–Crippen LogP) is 7.62. The number of likely N-dealkylation sites (tertiary alicyclic amines) is 1. The van der Waals surface area contributed by atoms with Crippen molar-refractivity contribution in [2.75, 3.05) is 19.6 Å². The van der Waals surface area contributed by atoms with Crippen molar-refractivity contribution in [3.8, 4) is 5.75 Å². The van der Waals surface area contributed by atoms with E-state index in [0.29, 0.717) is 18.4 Å². The van der Waals surface area contributed by atoms with Gasteiger partial charge in [0.2, 0.25) is 0 Å². The van der Waals surface area contributed by atoms with Gasteiger partial charge in [-0.2, -0.15) is 0 Å². The molecule has 5 nitrogen and oxygen atoms in total. The highest BCUT2D eigenvalue weighted by atomic mass is 35.5. The Morgan fingerprint density at radius 1 is 1.02 bits per heavy atom. The van der Waals surface area contributed by atoms with Crippen LogP contribution in [0.25, 0.3) is 5.57 Å². The largest absolute Gasteiger partial charge is 0.573 e. The lowest BCUT2D eigenvalue weighted by atomic mass is 9.84. The normalized spacial score (nSPS) is 16.0. The minimum Gasteiger partial charge on any atom is -0.481 e. The van der Waals surface area contributed by atoms with Gasteiger partial charge in [-0.25, -0.2) is 0 Å². The Kier molecular flexibility index (Phi) is 8.67. The molecule has 3 aromatic rings. The van der Waals surface area contributed by atoms with Crippen LogP contribution in [0.15, 0.2) is 60.3 Å². The third-order valence-electron chi connectivity index (χ3n) is 8.41. The fraction of sp³-hybridized carbons (Fsp3) is 0.394. The van der Waals surface area contributed by atoms with E-state index in [1.54, 1.807) is 12.1 Å². The lowest BCUT2D eigenvalue weighted by Gasteiger charge is -2.30. The van der Waals surface area contributed by atoms with E-state index in [1.807, 2.05) is 18.3 Å². The molecule has 42 heavy (non-hydrogen) atoms. The first-order valence-corrected chi connectivity index (χ1v) is 14.6. The van der Waals surface area contributed by atoms with Crippen LogP contribution in [0.4, 0.5) is 13.2 Å². The van der Waals surface area contributed by atoms with E-state index in [0.717, 1.165) is 56.0 Å². The first-order valence-electron chi connectivity index (χ1n) is 14.2. The molecule has 0 saturated carbocycles. The molecule has 1 saturated heterocycles. The number of carbonyl (C=O) groups is 1. The van der Waals surface area contributed by atoms with Gasteiger partial charge in [0.05, 0.1) is 11.1 Å². The smallest absolute Gasteiger partial charge is 0.481 e. The van der Waals surface area contributed by atoms with Crippen LogP contribution in [0.5, 0.6) is 5.75 Å². The Hall–Kier alpha value is -3.36. The van der Waals surface area contributed by atoms with Crippen molar-refractivity contribution >= 4 is 23.1 Å². The van der Waals surface area contributed by atoms with Gasteiger partial charge in [-0.05, 0) is 111 Å². The molecule has 222 valence electrons. The van der Waals surface area contributed by atoms with Gasteiger partial charge < -0.3 is 14.7 Å². The number of hydrogen-bond acceptors (Lipinski definition) is 4. The Balaban J connectivity index is 1.29. The van der Waals surface area contributed by atoms with Crippen LogP contribution >= 0.6 is 11.6 Å². The van der Waals surface area contributed by atoms with E-state index in [9.17, 15) is 23.1 Å². The molecule has 0 amide bonds. The van der Waals surface area contributed by atoms with Crippen LogP contribution in [0.3, 0.4) is 0 Å². The topological polar surface area (TPSA) is 62.7 Å². The molecule has 0 radical (unpaired) electrons. The maximum atomic E-state index is 13.2. The molecule has 2 aromatic carbocycles. The predicted molar refractivity (Wildman–Crippen MR) is 157 cm³/mol. The van der Waals surface area contributed by atoms with Crippen LogP contribution in [0, 0.1) is 0 Å². The first kappa shape index (κ1) is 30.1. The number of fused-ring (bicyclic) bond motifs is 2. The Labute approximate surface area is 249 Å². The number of pyridine rings is 1. The molecule has 9 heteroatoms. The summed E-state index contributed by atoms with van der Waals surface area (Å²) in [6.07, 6.45) is 1.60. The van der Waals surface area contributed by atoms with Gasteiger partial charge in [0.15, 0.2) is 0 Å². The second-order valence-corrected chi connectivity index (χ2v) is 12.0. The summed E-state index contributed by atoms with van der Waals surface area (Å²) in [6.45, 7) is 5.35. The third-order valence-corrected chi connectivity index (χ3v) is 8.65. The summed E-state index contributed by atoms with van der Waals surface area (Å²) in [5.74, 6) is -1.46. The molecule has 1 fully saturated rings. The minimum atomic E-state index is -4.87. The number of rotatable bonds is 7. The van der Waals surface area contributed by atoms with Crippen molar-refractivity contribution in [1.82, 2.24) is 9.88 Å². The Bertz CT molecular complexity index is 1510. The highest BCUT2D eigenvalue weighted by Crippen LogP contribution is 2.39. The summed E-state index contributed by atoms with van der Waals surface area (Å²) < 4.78 is 43.9. The molecule has 0 atom stereocenters. The lowest BCUT2D eigenvalue weighted by molar-refractivity contribution is -0.274. The van der Waals surface area contributed by atoms with E-state index in [4.69, 9.17) is 16.6 Å². The quantitative estimate of drug-likeness (QED) is 0.303. The summed E-state index contributed by atoms with van der Waals surface area (Å²) in [4.78, 5) is 18.8. The van der Waals surface area contributed by atoms with Crippen molar-refractivity contribution in [3.05, 3.63) is 98.8 Å². The van der Waals surface area contributed by atoms with Crippen molar-refractivity contribution in [2.24, 2.45) is 0 Å². The number of ether oxygens (including phenoxy) is 1. The molecule has 1 aliphatic heterocycles. The third kappa shape index (κ3) is 6.65. The van der Waals surface area contributed by atoms with E-state index >= 15 is 0 Å². The first-order chi connectivity index (χ1) is 19.9. The highest BCUT2D eigenvalue weighted by Gasteiger charge is 2.35. The SMILES string of the molecule is CC(C)(C(=O)O)c1ccc(CCCN2CCC(=C3c4ccc(Cl)cc4CCc4cccnc43)CC2)c(OC(F)(F)F)c1. The molecule has 0 bridgehead atoms. The van der Waals surface area contributed by atoms with Gasteiger partial charge in [-0.3, -0.25) is 9.78 Å². The summed E-state index contributed by atoms with van der Waals surface area (Å²) >= 11 is 6.34. The molecule has 5 rings (SSSR count). The molecule has 0 unspecified atom stereocenters. The zero-order chi connectivity index (χ0) is 30.1. The summed E-state index contributed by atoms with van der Waals surface area (Å²) in [7, 11) is 0. The number of alkyl halides is 3. The lowest BCUT2D eigenvalue weighted by Crippen LogP contribution is -2.32. The molecule has 1 N–H and O–H groups in total. The zero-order valence-electron chi connectivity index (χ0n) is 23.7. The van der Waals surface area contributed by atoms with E-state index in [1.165, 1.54) is 47.8 Å². The van der Waals surface area contributed by atoms with Gasteiger partial charge in [0, 0.05) is 29.9 Å². The van der Waals surface area contributed by atoms with Gasteiger partial charge in [-0.1, -0.05) is 41.4 Å². The van der Waals surface area contributed by atoms with Gasteiger partial charge >= 0.3 is 12.3 Å². The van der Waals surface area contributed by atoms with Gasteiger partial charge in [0.25, 0.3) is 0 Å². The Morgan fingerprint density at radius 2 is 1.76 bits per heavy atom. The highest BCUT2D eigenvalue weighted by molar-refractivity contribution is 6.30. The van der Waals surface area contributed by atoms with Crippen LogP contribution in [0.1, 0.15) is 66.6 Å². The van der Waals surface area contributed by atoms with Gasteiger partial charge in [-0.15, -0.1) is 13.2 Å². The van der Waals surface area contributed by atoms with Crippen molar-refractivity contribution < 1.29 is 27.8 Å². The Morgan fingerprint density at radius 3 is 2.48 bits per heavy atom. The fourth-order valence-electron chi connectivity index (χ4n) is 5.92. The number of carboxylic acids is 1.